The molecule has 0 radical (unpaired) electrons. The van der Waals surface area contributed by atoms with E-state index in [9.17, 15) is 9.90 Å². The molecule has 2 aliphatic rings. The lowest BCUT2D eigenvalue weighted by molar-refractivity contribution is -0.135. The molecular formula is C18H27N3O2. The van der Waals surface area contributed by atoms with Crippen LogP contribution in [0.5, 0.6) is 0 Å². The molecule has 0 spiro atoms. The Morgan fingerprint density at radius 1 is 1.17 bits per heavy atom. The summed E-state index contributed by atoms with van der Waals surface area (Å²) in [4.78, 5) is 16.9. The van der Waals surface area contributed by atoms with Gasteiger partial charge in [0.15, 0.2) is 0 Å². The van der Waals surface area contributed by atoms with Gasteiger partial charge in [-0.1, -0.05) is 12.1 Å². The van der Waals surface area contributed by atoms with Crippen LogP contribution in [0.15, 0.2) is 18.2 Å². The van der Waals surface area contributed by atoms with Crippen LogP contribution in [0.1, 0.15) is 24.0 Å². The smallest absolute Gasteiger partial charge is 0.225 e. The first-order chi connectivity index (χ1) is 11.0. The summed E-state index contributed by atoms with van der Waals surface area (Å²) in [6, 6.07) is 6.26. The van der Waals surface area contributed by atoms with Gasteiger partial charge in [-0.15, -0.1) is 0 Å². The summed E-state index contributed by atoms with van der Waals surface area (Å²) in [5.41, 5.74) is 9.65. The quantitative estimate of drug-likeness (QED) is 0.855. The first-order valence-corrected chi connectivity index (χ1v) is 8.50. The van der Waals surface area contributed by atoms with E-state index in [-0.39, 0.29) is 17.9 Å². The van der Waals surface area contributed by atoms with Gasteiger partial charge in [0.25, 0.3) is 0 Å². The van der Waals surface area contributed by atoms with Crippen molar-refractivity contribution in [2.45, 2.75) is 38.8 Å². The van der Waals surface area contributed by atoms with E-state index >= 15 is 0 Å². The highest BCUT2D eigenvalue weighted by molar-refractivity contribution is 5.79. The molecule has 126 valence electrons. The molecule has 3 rings (SSSR count). The Bertz CT molecular complexity index is 572. The second-order valence-electron chi connectivity index (χ2n) is 7.00. The molecule has 1 saturated heterocycles. The lowest BCUT2D eigenvalue weighted by Crippen LogP contribution is -2.50. The molecule has 3 atom stereocenters. The van der Waals surface area contributed by atoms with E-state index in [1.54, 1.807) is 0 Å². The molecule has 5 heteroatoms. The van der Waals surface area contributed by atoms with Crippen molar-refractivity contribution in [1.29, 1.82) is 0 Å². The maximum Gasteiger partial charge on any atom is 0.225 e. The number of nitrogens with zero attached hydrogens (tertiary/aromatic N) is 2. The van der Waals surface area contributed by atoms with E-state index in [0.29, 0.717) is 12.8 Å². The third-order valence-electron chi connectivity index (χ3n) is 5.22. The predicted molar refractivity (Wildman–Crippen MR) is 91.4 cm³/mol. The van der Waals surface area contributed by atoms with Crippen LogP contribution in [-0.4, -0.2) is 54.2 Å². The average Bonchev–Trinajstić information content (AvgIpc) is 2.88. The largest absolute Gasteiger partial charge is 0.391 e. The van der Waals surface area contributed by atoms with Crippen molar-refractivity contribution >= 4 is 11.6 Å². The molecule has 0 bridgehead atoms. The van der Waals surface area contributed by atoms with Crippen molar-refractivity contribution in [3.05, 3.63) is 29.3 Å². The number of amides is 1. The topological polar surface area (TPSA) is 69.8 Å². The fourth-order valence-corrected chi connectivity index (χ4v) is 3.74. The summed E-state index contributed by atoms with van der Waals surface area (Å²) in [6.45, 7) is 7.45. The number of carbonyl (C=O) groups is 1. The lowest BCUT2D eigenvalue weighted by Gasteiger charge is -2.38. The predicted octanol–water partition coefficient (Wildman–Crippen LogP) is 1.05. The second kappa shape index (κ2) is 6.49. The molecule has 1 aromatic rings. The van der Waals surface area contributed by atoms with Gasteiger partial charge in [0.05, 0.1) is 6.10 Å². The minimum Gasteiger partial charge on any atom is -0.391 e. The fraction of sp³-hybridized carbons (Fsp3) is 0.611. The first kappa shape index (κ1) is 16.3. The van der Waals surface area contributed by atoms with E-state index in [0.717, 1.165) is 26.2 Å². The van der Waals surface area contributed by atoms with Crippen LogP contribution in [0.2, 0.25) is 0 Å². The summed E-state index contributed by atoms with van der Waals surface area (Å²) >= 11 is 0. The highest BCUT2D eigenvalue weighted by atomic mass is 16.3. The maximum atomic E-state index is 12.6. The molecule has 1 amide bonds. The number of hydrogen-bond donors (Lipinski definition) is 2. The maximum absolute atomic E-state index is 12.6. The van der Waals surface area contributed by atoms with E-state index in [1.165, 1.54) is 16.8 Å². The van der Waals surface area contributed by atoms with Gasteiger partial charge in [-0.25, -0.2) is 0 Å². The van der Waals surface area contributed by atoms with Gasteiger partial charge in [-0.05, 0) is 43.9 Å². The van der Waals surface area contributed by atoms with E-state index in [1.807, 2.05) is 4.90 Å². The number of hydrogen-bond acceptors (Lipinski definition) is 4. The zero-order chi connectivity index (χ0) is 16.6. The Hall–Kier alpha value is -1.59. The molecule has 0 unspecified atom stereocenters. The van der Waals surface area contributed by atoms with Crippen molar-refractivity contribution < 1.29 is 9.90 Å². The average molecular weight is 317 g/mol. The van der Waals surface area contributed by atoms with Crippen molar-refractivity contribution in [1.82, 2.24) is 4.90 Å². The minimum absolute atomic E-state index is 0.104. The van der Waals surface area contributed by atoms with Crippen LogP contribution in [0.25, 0.3) is 0 Å². The van der Waals surface area contributed by atoms with Crippen LogP contribution in [0, 0.1) is 19.8 Å². The molecule has 23 heavy (non-hydrogen) atoms. The number of aliphatic hydroxyl groups excluding tert-OH is 1. The van der Waals surface area contributed by atoms with E-state index in [2.05, 4.69) is 36.9 Å². The summed E-state index contributed by atoms with van der Waals surface area (Å²) in [5.74, 6) is 0.0601. The summed E-state index contributed by atoms with van der Waals surface area (Å²) in [7, 11) is 0. The van der Waals surface area contributed by atoms with Crippen molar-refractivity contribution in [3.8, 4) is 0 Å². The zero-order valence-corrected chi connectivity index (χ0v) is 14.0. The number of anilines is 1. The van der Waals surface area contributed by atoms with Crippen LogP contribution >= 0.6 is 0 Å². The Kier molecular flexibility index (Phi) is 4.60. The minimum atomic E-state index is -0.528. The Labute approximate surface area is 138 Å². The van der Waals surface area contributed by atoms with Gasteiger partial charge < -0.3 is 20.6 Å². The van der Waals surface area contributed by atoms with Gasteiger partial charge in [0.2, 0.25) is 5.91 Å². The summed E-state index contributed by atoms with van der Waals surface area (Å²) < 4.78 is 0. The monoisotopic (exact) mass is 317 g/mol. The number of rotatable bonds is 2. The number of benzene rings is 1. The van der Waals surface area contributed by atoms with Crippen LogP contribution in [0.3, 0.4) is 0 Å². The van der Waals surface area contributed by atoms with Crippen molar-refractivity contribution in [3.63, 3.8) is 0 Å². The Morgan fingerprint density at radius 3 is 2.48 bits per heavy atom. The van der Waals surface area contributed by atoms with Crippen molar-refractivity contribution in [2.24, 2.45) is 11.7 Å². The number of carbonyl (C=O) groups excluding carboxylic acids is 1. The molecule has 5 nitrogen and oxygen atoms in total. The highest BCUT2D eigenvalue weighted by Gasteiger charge is 2.37. The molecule has 1 aliphatic carbocycles. The number of nitrogens with two attached hydrogens (primary N) is 1. The van der Waals surface area contributed by atoms with Gasteiger partial charge in [0.1, 0.15) is 0 Å². The summed E-state index contributed by atoms with van der Waals surface area (Å²) in [6.07, 6.45) is 0.592. The van der Waals surface area contributed by atoms with Crippen molar-refractivity contribution in [2.75, 3.05) is 31.1 Å². The number of aliphatic hydroxyl groups is 1. The molecule has 0 aromatic heterocycles. The third kappa shape index (κ3) is 3.35. The lowest BCUT2D eigenvalue weighted by atomic mass is 10.0. The number of aryl methyl sites for hydroxylation is 2. The Morgan fingerprint density at radius 2 is 1.87 bits per heavy atom. The molecule has 3 N–H and O–H groups in total. The normalized spacial score (nSPS) is 28.3. The first-order valence-electron chi connectivity index (χ1n) is 8.50. The molecule has 1 aliphatic heterocycles. The molecule has 1 saturated carbocycles. The van der Waals surface area contributed by atoms with Crippen LogP contribution in [0.4, 0.5) is 5.69 Å². The number of piperazine rings is 1. The molecular weight excluding hydrogens is 290 g/mol. The van der Waals surface area contributed by atoms with Gasteiger partial charge in [-0.2, -0.15) is 0 Å². The van der Waals surface area contributed by atoms with Crippen LogP contribution in [-0.2, 0) is 4.79 Å². The van der Waals surface area contributed by atoms with Gasteiger partial charge in [-0.3, -0.25) is 4.79 Å². The zero-order valence-electron chi connectivity index (χ0n) is 14.0. The second-order valence-corrected chi connectivity index (χ2v) is 7.00. The fourth-order valence-electron chi connectivity index (χ4n) is 3.74. The van der Waals surface area contributed by atoms with Gasteiger partial charge in [0, 0.05) is 43.8 Å². The van der Waals surface area contributed by atoms with E-state index < -0.39 is 6.10 Å². The van der Waals surface area contributed by atoms with Gasteiger partial charge >= 0.3 is 0 Å². The standard InChI is InChI=1S/C18H27N3O2/c1-12-3-4-13(2)16(9-12)20-5-7-21(8-6-20)18(23)14-10-15(19)17(22)11-14/h3-4,9,14-15,17,22H,5-8,10-11,19H2,1-2H3/t14-,15-,17-/m0/s1. The Balaban J connectivity index is 1.60. The molecule has 1 aromatic carbocycles. The van der Waals surface area contributed by atoms with E-state index in [4.69, 9.17) is 5.73 Å². The van der Waals surface area contributed by atoms with Crippen LogP contribution < -0.4 is 10.6 Å². The highest BCUT2D eigenvalue weighted by Crippen LogP contribution is 2.28. The SMILES string of the molecule is Cc1ccc(C)c(N2CCN(C(=O)[C@H]3C[C@H](N)[C@@H](O)C3)CC2)c1. The third-order valence-corrected chi connectivity index (χ3v) is 5.22. The molecule has 2 fully saturated rings. The summed E-state index contributed by atoms with van der Waals surface area (Å²) in [5, 5.41) is 9.76. The molecule has 1 heterocycles.